The molecular formula is C13H8Cl2O2. The Labute approximate surface area is 108 Å². The van der Waals surface area contributed by atoms with Crippen molar-refractivity contribution in [1.82, 2.24) is 0 Å². The smallest absolute Gasteiger partial charge is 0.135 e. The van der Waals surface area contributed by atoms with E-state index in [1.165, 1.54) is 0 Å². The van der Waals surface area contributed by atoms with Gasteiger partial charge in [0.15, 0.2) is 0 Å². The summed E-state index contributed by atoms with van der Waals surface area (Å²) < 4.78 is 5.68. The number of fused-ring (bicyclic) bond motifs is 2. The monoisotopic (exact) mass is 266 g/mol. The van der Waals surface area contributed by atoms with E-state index in [-0.39, 0.29) is 0 Å². The Kier molecular flexibility index (Phi) is 2.51. The van der Waals surface area contributed by atoms with Crippen molar-refractivity contribution < 1.29 is 9.84 Å². The molecule has 86 valence electrons. The van der Waals surface area contributed by atoms with E-state index in [0.717, 1.165) is 0 Å². The maximum atomic E-state index is 10.2. The van der Waals surface area contributed by atoms with Gasteiger partial charge in [-0.3, -0.25) is 0 Å². The topological polar surface area (TPSA) is 29.5 Å². The molecule has 0 radical (unpaired) electrons. The lowest BCUT2D eigenvalue weighted by molar-refractivity contribution is 0.203. The number of aliphatic hydroxyl groups is 1. The molecule has 0 fully saturated rings. The third-order valence-electron chi connectivity index (χ3n) is 2.76. The third-order valence-corrected chi connectivity index (χ3v) is 3.23. The van der Waals surface area contributed by atoms with Crippen molar-refractivity contribution in [2.45, 2.75) is 6.10 Å². The molecule has 0 aliphatic carbocycles. The lowest BCUT2D eigenvalue weighted by Crippen LogP contribution is -2.09. The second-order valence-electron chi connectivity index (χ2n) is 3.87. The zero-order valence-electron chi connectivity index (χ0n) is 8.65. The zero-order valence-corrected chi connectivity index (χ0v) is 10.2. The number of rotatable bonds is 0. The molecule has 3 rings (SSSR count). The molecule has 1 aliphatic rings. The molecule has 4 heteroatoms. The first-order chi connectivity index (χ1) is 8.15. The Hall–Kier alpha value is -1.22. The van der Waals surface area contributed by atoms with Crippen LogP contribution in [0.2, 0.25) is 10.0 Å². The number of hydrogen-bond acceptors (Lipinski definition) is 2. The average Bonchev–Trinajstić information content (AvgIpc) is 2.28. The van der Waals surface area contributed by atoms with Crippen LogP contribution >= 0.6 is 23.2 Å². The van der Waals surface area contributed by atoms with Crippen LogP contribution in [0.4, 0.5) is 0 Å². The maximum absolute atomic E-state index is 10.2. The first kappa shape index (κ1) is 10.9. The molecule has 2 aromatic rings. The fraction of sp³-hybridized carbons (Fsp3) is 0.0769. The van der Waals surface area contributed by atoms with E-state index in [4.69, 9.17) is 27.9 Å². The highest BCUT2D eigenvalue weighted by atomic mass is 35.5. The standard InChI is InChI=1S/C13H8Cl2O2/c14-7-1-3-9-11(5-7)17-12-6-8(15)2-4-10(12)13(9)16/h1-6,13,16H. The van der Waals surface area contributed by atoms with Gasteiger partial charge in [-0.2, -0.15) is 0 Å². The maximum Gasteiger partial charge on any atom is 0.135 e. The van der Waals surface area contributed by atoms with Gasteiger partial charge in [-0.25, -0.2) is 0 Å². The summed E-state index contributed by atoms with van der Waals surface area (Å²) in [6.07, 6.45) is -0.705. The summed E-state index contributed by atoms with van der Waals surface area (Å²) in [6.45, 7) is 0. The molecule has 2 nitrogen and oxygen atoms in total. The highest BCUT2D eigenvalue weighted by Gasteiger charge is 2.25. The molecule has 1 heterocycles. The van der Waals surface area contributed by atoms with Gasteiger partial charge in [0.1, 0.15) is 17.6 Å². The van der Waals surface area contributed by atoms with E-state index in [9.17, 15) is 5.11 Å². The molecule has 0 spiro atoms. The van der Waals surface area contributed by atoms with E-state index in [2.05, 4.69) is 0 Å². The van der Waals surface area contributed by atoms with Gasteiger partial charge in [-0.1, -0.05) is 35.3 Å². The Morgan fingerprint density at radius 2 is 1.35 bits per heavy atom. The predicted octanol–water partition coefficient (Wildman–Crippen LogP) is 4.18. The quantitative estimate of drug-likeness (QED) is 0.775. The molecule has 0 unspecified atom stereocenters. The van der Waals surface area contributed by atoms with Gasteiger partial charge in [0.2, 0.25) is 0 Å². The molecule has 0 aromatic heterocycles. The molecule has 2 aromatic carbocycles. The molecule has 1 N–H and O–H groups in total. The summed E-state index contributed by atoms with van der Waals surface area (Å²) in [5.74, 6) is 1.14. The van der Waals surface area contributed by atoms with E-state index in [0.29, 0.717) is 32.7 Å². The first-order valence-electron chi connectivity index (χ1n) is 5.10. The summed E-state index contributed by atoms with van der Waals surface area (Å²) in [6, 6.07) is 10.4. The highest BCUT2D eigenvalue weighted by molar-refractivity contribution is 6.31. The molecule has 17 heavy (non-hydrogen) atoms. The summed E-state index contributed by atoms with van der Waals surface area (Å²) >= 11 is 11.8. The summed E-state index contributed by atoms with van der Waals surface area (Å²) in [7, 11) is 0. The Bertz CT molecular complexity index is 544. The van der Waals surface area contributed by atoms with Crippen LogP contribution in [-0.2, 0) is 0 Å². The van der Waals surface area contributed by atoms with Gasteiger partial charge < -0.3 is 9.84 Å². The van der Waals surface area contributed by atoms with E-state index in [1.807, 2.05) is 0 Å². The largest absolute Gasteiger partial charge is 0.456 e. The highest BCUT2D eigenvalue weighted by Crippen LogP contribution is 2.44. The lowest BCUT2D eigenvalue weighted by atomic mass is 9.97. The fourth-order valence-corrected chi connectivity index (χ4v) is 2.26. The van der Waals surface area contributed by atoms with E-state index >= 15 is 0 Å². The van der Waals surface area contributed by atoms with Crippen molar-refractivity contribution >= 4 is 23.2 Å². The SMILES string of the molecule is OC1c2ccc(Cl)cc2Oc2cc(Cl)ccc21. The van der Waals surface area contributed by atoms with Gasteiger partial charge in [0, 0.05) is 21.2 Å². The van der Waals surface area contributed by atoms with Crippen molar-refractivity contribution in [2.24, 2.45) is 0 Å². The van der Waals surface area contributed by atoms with Gasteiger partial charge in [0.05, 0.1) is 0 Å². The average molecular weight is 267 g/mol. The van der Waals surface area contributed by atoms with Crippen molar-refractivity contribution in [1.29, 1.82) is 0 Å². The van der Waals surface area contributed by atoms with E-state index < -0.39 is 6.10 Å². The van der Waals surface area contributed by atoms with Crippen LogP contribution in [0.1, 0.15) is 17.2 Å². The van der Waals surface area contributed by atoms with Crippen molar-refractivity contribution in [3.8, 4) is 11.5 Å². The molecule has 0 atom stereocenters. The van der Waals surface area contributed by atoms with Crippen LogP contribution in [-0.4, -0.2) is 5.11 Å². The minimum atomic E-state index is -0.705. The zero-order chi connectivity index (χ0) is 12.0. The van der Waals surface area contributed by atoms with Gasteiger partial charge in [-0.15, -0.1) is 0 Å². The molecular weight excluding hydrogens is 259 g/mol. The number of ether oxygens (including phenoxy) is 1. The van der Waals surface area contributed by atoms with E-state index in [1.54, 1.807) is 36.4 Å². The minimum Gasteiger partial charge on any atom is -0.456 e. The summed E-state index contributed by atoms with van der Waals surface area (Å²) in [5.41, 5.74) is 1.42. The molecule has 0 amide bonds. The van der Waals surface area contributed by atoms with Crippen LogP contribution in [0.3, 0.4) is 0 Å². The normalized spacial score (nSPS) is 13.8. The fourth-order valence-electron chi connectivity index (χ4n) is 1.93. The molecule has 1 aliphatic heterocycles. The summed E-state index contributed by atoms with van der Waals surface area (Å²) in [4.78, 5) is 0. The van der Waals surface area contributed by atoms with Gasteiger partial charge >= 0.3 is 0 Å². The van der Waals surface area contributed by atoms with Gasteiger partial charge in [-0.05, 0) is 24.3 Å². The van der Waals surface area contributed by atoms with Crippen LogP contribution in [0.5, 0.6) is 11.5 Å². The number of benzene rings is 2. The van der Waals surface area contributed by atoms with Crippen molar-refractivity contribution in [3.05, 3.63) is 57.6 Å². The first-order valence-corrected chi connectivity index (χ1v) is 5.85. The minimum absolute atomic E-state index is 0.569. The second-order valence-corrected chi connectivity index (χ2v) is 4.74. The molecule has 0 bridgehead atoms. The van der Waals surface area contributed by atoms with Crippen LogP contribution in [0.15, 0.2) is 36.4 Å². The Morgan fingerprint density at radius 3 is 1.82 bits per heavy atom. The van der Waals surface area contributed by atoms with Crippen molar-refractivity contribution in [3.63, 3.8) is 0 Å². The van der Waals surface area contributed by atoms with Crippen LogP contribution in [0.25, 0.3) is 0 Å². The summed E-state index contributed by atoms with van der Waals surface area (Å²) in [5, 5.41) is 11.4. The lowest BCUT2D eigenvalue weighted by Gasteiger charge is -2.24. The Balaban J connectivity index is 2.17. The van der Waals surface area contributed by atoms with Crippen LogP contribution < -0.4 is 4.74 Å². The number of aliphatic hydroxyl groups excluding tert-OH is 1. The molecule has 0 saturated heterocycles. The molecule has 0 saturated carbocycles. The second kappa shape index (κ2) is 3.91. The van der Waals surface area contributed by atoms with Crippen molar-refractivity contribution in [2.75, 3.05) is 0 Å². The third kappa shape index (κ3) is 1.78. The number of halogens is 2. The Morgan fingerprint density at radius 1 is 0.882 bits per heavy atom. The number of hydrogen-bond donors (Lipinski definition) is 1. The van der Waals surface area contributed by atoms with Crippen LogP contribution in [0, 0.1) is 0 Å². The van der Waals surface area contributed by atoms with Gasteiger partial charge in [0.25, 0.3) is 0 Å². The predicted molar refractivity (Wildman–Crippen MR) is 67.0 cm³/mol.